The van der Waals surface area contributed by atoms with Gasteiger partial charge in [-0.2, -0.15) is 0 Å². The van der Waals surface area contributed by atoms with Gasteiger partial charge in [0.15, 0.2) is 0 Å². The van der Waals surface area contributed by atoms with Gasteiger partial charge in [0.05, 0.1) is 27.6 Å². The molecule has 0 aliphatic heterocycles. The number of nitrogens with zero attached hydrogens (tertiary/aromatic N) is 1. The molecule has 0 aliphatic rings. The van der Waals surface area contributed by atoms with Crippen LogP contribution >= 0.6 is 23.2 Å². The fourth-order valence-corrected chi connectivity index (χ4v) is 2.57. The van der Waals surface area contributed by atoms with Crippen molar-refractivity contribution in [3.8, 4) is 0 Å². The molecule has 4 nitrogen and oxygen atoms in total. The highest BCUT2D eigenvalue weighted by atomic mass is 35.5. The monoisotopic (exact) mass is 357 g/mol. The zero-order chi connectivity index (χ0) is 16.9. The Morgan fingerprint density at radius 1 is 0.833 bits per heavy atom. The summed E-state index contributed by atoms with van der Waals surface area (Å²) in [6.07, 6.45) is 1.56. The van der Waals surface area contributed by atoms with Gasteiger partial charge in [-0.05, 0) is 36.4 Å². The van der Waals surface area contributed by atoms with Gasteiger partial charge in [-0.1, -0.05) is 47.5 Å². The molecule has 1 aromatic heterocycles. The molecule has 0 saturated carbocycles. The van der Waals surface area contributed by atoms with E-state index in [4.69, 9.17) is 23.2 Å². The van der Waals surface area contributed by atoms with E-state index in [9.17, 15) is 4.79 Å². The molecule has 0 atom stereocenters. The molecule has 0 radical (unpaired) electrons. The van der Waals surface area contributed by atoms with Crippen molar-refractivity contribution in [2.75, 3.05) is 10.6 Å². The third kappa shape index (κ3) is 3.85. The second-order valence-electron chi connectivity index (χ2n) is 4.97. The summed E-state index contributed by atoms with van der Waals surface area (Å²) in [6.45, 7) is 0. The Kier molecular flexibility index (Phi) is 4.99. The maximum Gasteiger partial charge on any atom is 0.274 e. The highest BCUT2D eigenvalue weighted by Crippen LogP contribution is 2.32. The van der Waals surface area contributed by atoms with Crippen molar-refractivity contribution < 1.29 is 4.79 Å². The van der Waals surface area contributed by atoms with Gasteiger partial charge in [0.25, 0.3) is 5.91 Å². The maximum atomic E-state index is 12.2. The highest BCUT2D eigenvalue weighted by molar-refractivity contribution is 6.39. The smallest absolute Gasteiger partial charge is 0.274 e. The number of aromatic nitrogens is 1. The van der Waals surface area contributed by atoms with Crippen molar-refractivity contribution in [3.63, 3.8) is 0 Å². The Morgan fingerprint density at radius 3 is 2.17 bits per heavy atom. The van der Waals surface area contributed by atoms with E-state index in [1.807, 2.05) is 30.3 Å². The highest BCUT2D eigenvalue weighted by Gasteiger charge is 2.09. The Hall–Kier alpha value is -2.56. The SMILES string of the molecule is O=C(Nc1ccccc1)c1ccc(Nc2c(Cl)cccc2Cl)cn1. The number of benzene rings is 2. The molecule has 24 heavy (non-hydrogen) atoms. The van der Waals surface area contributed by atoms with Crippen LogP contribution in [0.4, 0.5) is 17.1 Å². The summed E-state index contributed by atoms with van der Waals surface area (Å²) in [7, 11) is 0. The third-order valence-electron chi connectivity index (χ3n) is 3.26. The molecule has 0 fully saturated rings. The van der Waals surface area contributed by atoms with Gasteiger partial charge in [0, 0.05) is 5.69 Å². The van der Waals surface area contributed by atoms with Crippen LogP contribution in [0.2, 0.25) is 10.0 Å². The predicted octanol–water partition coefficient (Wildman–Crippen LogP) is 5.38. The van der Waals surface area contributed by atoms with Crippen molar-refractivity contribution in [1.82, 2.24) is 4.98 Å². The first kappa shape index (κ1) is 16.3. The van der Waals surface area contributed by atoms with Crippen molar-refractivity contribution in [2.24, 2.45) is 0 Å². The summed E-state index contributed by atoms with van der Waals surface area (Å²) in [5.74, 6) is -0.275. The lowest BCUT2D eigenvalue weighted by atomic mass is 10.2. The van der Waals surface area contributed by atoms with Crippen LogP contribution in [-0.4, -0.2) is 10.9 Å². The first-order chi connectivity index (χ1) is 11.6. The average Bonchev–Trinajstić information content (AvgIpc) is 2.60. The molecule has 120 valence electrons. The van der Waals surface area contributed by atoms with Gasteiger partial charge >= 0.3 is 0 Å². The Morgan fingerprint density at radius 2 is 1.54 bits per heavy atom. The maximum absolute atomic E-state index is 12.2. The van der Waals surface area contributed by atoms with Crippen molar-refractivity contribution >= 4 is 46.2 Å². The van der Waals surface area contributed by atoms with E-state index in [-0.39, 0.29) is 5.91 Å². The standard InChI is InChI=1S/C18H13Cl2N3O/c19-14-7-4-8-15(20)17(14)22-13-9-10-16(21-11-13)18(24)23-12-5-2-1-3-6-12/h1-11,22H,(H,23,24). The summed E-state index contributed by atoms with van der Waals surface area (Å²) in [5, 5.41) is 6.90. The first-order valence-electron chi connectivity index (χ1n) is 7.17. The normalized spacial score (nSPS) is 10.2. The van der Waals surface area contributed by atoms with Gasteiger partial charge in [-0.3, -0.25) is 4.79 Å². The van der Waals surface area contributed by atoms with Crippen molar-refractivity contribution in [2.45, 2.75) is 0 Å². The Bertz CT molecular complexity index is 832. The van der Waals surface area contributed by atoms with E-state index in [1.54, 1.807) is 36.5 Å². The summed E-state index contributed by atoms with van der Waals surface area (Å²) in [5.41, 5.74) is 2.31. The Balaban J connectivity index is 1.72. The predicted molar refractivity (Wildman–Crippen MR) is 98.4 cm³/mol. The number of rotatable bonds is 4. The fourth-order valence-electron chi connectivity index (χ4n) is 2.08. The van der Waals surface area contributed by atoms with Crippen LogP contribution in [0.5, 0.6) is 0 Å². The van der Waals surface area contributed by atoms with Crippen LogP contribution in [0.15, 0.2) is 66.9 Å². The van der Waals surface area contributed by atoms with E-state index < -0.39 is 0 Å². The number of carbonyl (C=O) groups is 1. The van der Waals surface area contributed by atoms with E-state index in [0.29, 0.717) is 32.8 Å². The number of amides is 1. The molecule has 0 spiro atoms. The molecule has 3 rings (SSSR count). The molecule has 2 aromatic carbocycles. The topological polar surface area (TPSA) is 54.0 Å². The second kappa shape index (κ2) is 7.34. The van der Waals surface area contributed by atoms with Crippen molar-refractivity contribution in [1.29, 1.82) is 0 Å². The third-order valence-corrected chi connectivity index (χ3v) is 3.89. The van der Waals surface area contributed by atoms with E-state index in [2.05, 4.69) is 15.6 Å². The summed E-state index contributed by atoms with van der Waals surface area (Å²) in [6, 6.07) is 17.8. The van der Waals surface area contributed by atoms with Crippen LogP contribution in [0.1, 0.15) is 10.5 Å². The van der Waals surface area contributed by atoms with E-state index >= 15 is 0 Å². The largest absolute Gasteiger partial charge is 0.352 e. The average molecular weight is 358 g/mol. The van der Waals surface area contributed by atoms with E-state index in [0.717, 1.165) is 0 Å². The fraction of sp³-hybridized carbons (Fsp3) is 0. The summed E-state index contributed by atoms with van der Waals surface area (Å²) >= 11 is 12.2. The molecule has 3 aromatic rings. The number of para-hydroxylation sites is 2. The number of halogens is 2. The minimum atomic E-state index is -0.275. The molecule has 1 amide bonds. The summed E-state index contributed by atoms with van der Waals surface area (Å²) < 4.78 is 0. The molecular weight excluding hydrogens is 345 g/mol. The van der Waals surface area contributed by atoms with Crippen LogP contribution in [0.25, 0.3) is 0 Å². The molecule has 0 saturated heterocycles. The summed E-state index contributed by atoms with van der Waals surface area (Å²) in [4.78, 5) is 16.3. The van der Waals surface area contributed by atoms with Crippen LogP contribution < -0.4 is 10.6 Å². The van der Waals surface area contributed by atoms with Crippen LogP contribution in [-0.2, 0) is 0 Å². The molecule has 6 heteroatoms. The van der Waals surface area contributed by atoms with E-state index in [1.165, 1.54) is 0 Å². The number of hydrogen-bond donors (Lipinski definition) is 2. The first-order valence-corrected chi connectivity index (χ1v) is 7.92. The lowest BCUT2D eigenvalue weighted by Gasteiger charge is -2.10. The lowest BCUT2D eigenvalue weighted by Crippen LogP contribution is -2.13. The molecular formula is C18H13Cl2N3O. The van der Waals surface area contributed by atoms with Gasteiger partial charge < -0.3 is 10.6 Å². The van der Waals surface area contributed by atoms with Gasteiger partial charge in [-0.15, -0.1) is 0 Å². The lowest BCUT2D eigenvalue weighted by molar-refractivity contribution is 0.102. The molecule has 0 bridgehead atoms. The van der Waals surface area contributed by atoms with Gasteiger partial charge in [-0.25, -0.2) is 4.98 Å². The van der Waals surface area contributed by atoms with Crippen LogP contribution in [0.3, 0.4) is 0 Å². The number of carbonyl (C=O) groups excluding carboxylic acids is 1. The van der Waals surface area contributed by atoms with Gasteiger partial charge in [0.2, 0.25) is 0 Å². The molecule has 2 N–H and O–H groups in total. The Labute approximate surface area is 149 Å². The van der Waals surface area contributed by atoms with Crippen LogP contribution in [0, 0.1) is 0 Å². The number of anilines is 3. The number of hydrogen-bond acceptors (Lipinski definition) is 3. The second-order valence-corrected chi connectivity index (χ2v) is 5.79. The number of nitrogens with one attached hydrogen (secondary N) is 2. The van der Waals surface area contributed by atoms with Gasteiger partial charge in [0.1, 0.15) is 5.69 Å². The molecule has 0 aliphatic carbocycles. The zero-order valence-corrected chi connectivity index (χ0v) is 14.0. The number of pyridine rings is 1. The van der Waals surface area contributed by atoms with Crippen molar-refractivity contribution in [3.05, 3.63) is 82.6 Å². The molecule has 1 heterocycles. The molecule has 0 unspecified atom stereocenters. The quantitative estimate of drug-likeness (QED) is 0.658. The minimum Gasteiger partial charge on any atom is -0.352 e. The zero-order valence-electron chi connectivity index (χ0n) is 12.5. The minimum absolute atomic E-state index is 0.275.